The molecule has 2 aliphatic carbocycles. The van der Waals surface area contributed by atoms with E-state index in [0.29, 0.717) is 0 Å². The zero-order valence-electron chi connectivity index (χ0n) is 31.8. The summed E-state index contributed by atoms with van der Waals surface area (Å²) in [5.41, 5.74) is 18.0. The summed E-state index contributed by atoms with van der Waals surface area (Å²) in [6.45, 7) is 6.64. The van der Waals surface area contributed by atoms with E-state index >= 15 is 0 Å². The molecule has 4 heteroatoms. The van der Waals surface area contributed by atoms with E-state index in [9.17, 15) is 0 Å². The van der Waals surface area contributed by atoms with E-state index in [4.69, 9.17) is 4.98 Å². The second-order valence-electron chi connectivity index (χ2n) is 14.7. The first-order chi connectivity index (χ1) is 28.2. The van der Waals surface area contributed by atoms with Gasteiger partial charge in [-0.2, -0.15) is 4.98 Å². The minimum absolute atomic E-state index is 0.0940. The molecule has 0 saturated carbocycles. The number of hydrogen-bond donors (Lipinski definition) is 0. The molecule has 0 spiro atoms. The van der Waals surface area contributed by atoms with Crippen LogP contribution in [0.5, 0.6) is 0 Å². The van der Waals surface area contributed by atoms with Crippen LogP contribution in [0, 0.1) is 18.2 Å². The average Bonchev–Trinajstić information content (AvgIpc) is 3.80. The summed E-state index contributed by atoms with van der Waals surface area (Å²) in [7, 11) is 0. The molecular formula is C53H40N4. The second-order valence-corrected chi connectivity index (χ2v) is 14.7. The molecule has 3 aromatic heterocycles. The zero-order chi connectivity index (χ0) is 38.3. The molecule has 0 N–H and O–H groups in total. The molecule has 1 unspecified atom stereocenters. The Labute approximate surface area is 334 Å². The number of benzene rings is 4. The van der Waals surface area contributed by atoms with Crippen LogP contribution in [0.3, 0.4) is 0 Å². The standard InChI is InChI=1S/C53H40N4/c1-3-45(42-22-13-25-44(34-42)57-49-26-14-30-54-52(49)53-50(57)27-15-31-55-53)51-46-35-41(28-29-48(46)56(47(51)4-2)43-23-9-6-10-24-43)40-21-12-20-39(33-40)38-19-11-18-37(32-38)36-16-7-5-8-17-36/h3-9,11-14,16-23,25-30,32-35,46,48H,1,10,24H2,2H3/b47-4+,51-45+/t46?,48-/m0/s1. The molecule has 1 aliphatic heterocycles. The van der Waals surface area contributed by atoms with Gasteiger partial charge in [-0.25, -0.2) is 0 Å². The summed E-state index contributed by atoms with van der Waals surface area (Å²) in [5.74, 6) is 0.0940. The fourth-order valence-corrected chi connectivity index (χ4v) is 8.98. The average molecular weight is 733 g/mol. The fraction of sp³-hybridized carbons (Fsp3) is 0.0943. The lowest BCUT2D eigenvalue weighted by atomic mass is 9.82. The summed E-state index contributed by atoms with van der Waals surface area (Å²) in [6, 6.07) is 46.4. The van der Waals surface area contributed by atoms with E-state index in [1.54, 1.807) is 0 Å². The van der Waals surface area contributed by atoms with Crippen molar-refractivity contribution in [1.82, 2.24) is 19.4 Å². The Bertz CT molecular complexity index is 2840. The topological polar surface area (TPSA) is 34.0 Å². The van der Waals surface area contributed by atoms with Crippen molar-refractivity contribution in [2.24, 2.45) is 5.92 Å². The second kappa shape index (κ2) is 14.5. The zero-order valence-corrected chi connectivity index (χ0v) is 31.8. The van der Waals surface area contributed by atoms with E-state index in [1.807, 2.05) is 18.3 Å². The number of fused-ring (bicyclic) bond motifs is 4. The number of pyridine rings is 1. The molecule has 4 nitrogen and oxygen atoms in total. The first-order valence-electron chi connectivity index (χ1n) is 19.7. The van der Waals surface area contributed by atoms with Gasteiger partial charge in [0.1, 0.15) is 11.0 Å². The van der Waals surface area contributed by atoms with Crippen LogP contribution in [0.25, 0.3) is 61.2 Å². The lowest BCUT2D eigenvalue weighted by Gasteiger charge is -2.31. The molecule has 7 aromatic rings. The van der Waals surface area contributed by atoms with Crippen molar-refractivity contribution < 1.29 is 0 Å². The third-order valence-electron chi connectivity index (χ3n) is 11.5. The molecule has 2 atom stereocenters. The van der Waals surface area contributed by atoms with E-state index in [-0.39, 0.29) is 12.0 Å². The van der Waals surface area contributed by atoms with E-state index in [0.717, 1.165) is 51.7 Å². The largest absolute Gasteiger partial charge is 0.337 e. The highest BCUT2D eigenvalue weighted by Gasteiger charge is 2.42. The minimum Gasteiger partial charge on any atom is -0.337 e. The lowest BCUT2D eigenvalue weighted by Crippen LogP contribution is -2.30. The third kappa shape index (κ3) is 5.96. The molecule has 3 aliphatic rings. The minimum atomic E-state index is 0.0940. The fourth-order valence-electron chi connectivity index (χ4n) is 8.98. The van der Waals surface area contributed by atoms with Crippen molar-refractivity contribution in [3.8, 4) is 27.9 Å². The van der Waals surface area contributed by atoms with Crippen molar-refractivity contribution in [2.75, 3.05) is 0 Å². The molecule has 272 valence electrons. The van der Waals surface area contributed by atoms with E-state index in [2.05, 4.69) is 198 Å². The number of aromatic nitrogens is 3. The number of rotatable bonds is 7. The SMILES string of the molecule is C=C/C(=C1\C(=C/C)N(C2=CC=CCC2)[C@H]2C=CC(c3cccc(-c4cccc(-c5ccccc5)c4)c3)=CC12)c1cccc(-n2c3cc#cnc3c3ncccc32)c1. The molecule has 57 heavy (non-hydrogen) atoms. The maximum atomic E-state index is 4.70. The van der Waals surface area contributed by atoms with Crippen molar-refractivity contribution in [1.29, 1.82) is 0 Å². The van der Waals surface area contributed by atoms with Gasteiger partial charge in [0.05, 0.1) is 17.1 Å². The van der Waals surface area contributed by atoms with Crippen molar-refractivity contribution in [3.05, 3.63) is 223 Å². The predicted molar refractivity (Wildman–Crippen MR) is 235 cm³/mol. The van der Waals surface area contributed by atoms with Crippen molar-refractivity contribution in [3.63, 3.8) is 0 Å². The number of allylic oxidation sites excluding steroid dienone is 10. The Morgan fingerprint density at radius 2 is 1.58 bits per heavy atom. The van der Waals surface area contributed by atoms with Gasteiger partial charge in [-0.05, 0) is 118 Å². The van der Waals surface area contributed by atoms with E-state index in [1.165, 1.54) is 50.4 Å². The molecule has 0 radical (unpaired) electrons. The number of hydrogen-bond acceptors (Lipinski definition) is 3. The monoisotopic (exact) mass is 732 g/mol. The highest BCUT2D eigenvalue weighted by Crippen LogP contribution is 2.49. The third-order valence-corrected chi connectivity index (χ3v) is 11.5. The Morgan fingerprint density at radius 3 is 2.37 bits per heavy atom. The number of likely N-dealkylation sites (tertiary alicyclic amines) is 1. The van der Waals surface area contributed by atoms with Gasteiger partial charge in [0.25, 0.3) is 0 Å². The molecule has 1 fully saturated rings. The molecule has 0 amide bonds. The first-order valence-corrected chi connectivity index (χ1v) is 19.7. The summed E-state index contributed by atoms with van der Waals surface area (Å²) >= 11 is 0. The molecule has 10 rings (SSSR count). The number of nitrogens with zero attached hydrogens (tertiary/aromatic N) is 4. The van der Waals surface area contributed by atoms with Gasteiger partial charge in [0.2, 0.25) is 0 Å². The Balaban J connectivity index is 1.10. The molecule has 1 saturated heterocycles. The highest BCUT2D eigenvalue weighted by molar-refractivity contribution is 6.04. The van der Waals surface area contributed by atoms with Crippen LogP contribution in [0.15, 0.2) is 200 Å². The molecular weight excluding hydrogens is 693 g/mol. The van der Waals surface area contributed by atoms with Gasteiger partial charge < -0.3 is 9.47 Å². The van der Waals surface area contributed by atoms with Crippen molar-refractivity contribution in [2.45, 2.75) is 25.8 Å². The molecule has 4 heterocycles. The quantitative estimate of drug-likeness (QED) is 0.164. The van der Waals surface area contributed by atoms with Gasteiger partial charge in [0, 0.05) is 41.5 Å². The first kappa shape index (κ1) is 34.3. The van der Waals surface area contributed by atoms with Crippen LogP contribution in [-0.4, -0.2) is 25.5 Å². The van der Waals surface area contributed by atoms with E-state index < -0.39 is 0 Å². The van der Waals surface area contributed by atoms with Gasteiger partial charge in [-0.1, -0.05) is 128 Å². The van der Waals surface area contributed by atoms with Crippen molar-refractivity contribution >= 4 is 33.2 Å². The maximum absolute atomic E-state index is 4.70. The van der Waals surface area contributed by atoms with Gasteiger partial charge >= 0.3 is 0 Å². The Kier molecular flexibility index (Phi) is 8.69. The van der Waals surface area contributed by atoms with Crippen LogP contribution in [0.4, 0.5) is 0 Å². The summed E-state index contributed by atoms with van der Waals surface area (Å²) in [5, 5.41) is 0. The van der Waals surface area contributed by atoms with Gasteiger partial charge in [0.15, 0.2) is 0 Å². The highest BCUT2D eigenvalue weighted by atomic mass is 15.2. The van der Waals surface area contributed by atoms with Crippen LogP contribution >= 0.6 is 0 Å². The van der Waals surface area contributed by atoms with Crippen LogP contribution in [0.1, 0.15) is 30.9 Å². The lowest BCUT2D eigenvalue weighted by molar-refractivity contribution is 0.372. The predicted octanol–water partition coefficient (Wildman–Crippen LogP) is 12.5. The summed E-state index contributed by atoms with van der Waals surface area (Å²) in [6.07, 6.45) is 25.1. The van der Waals surface area contributed by atoms with Gasteiger partial charge in [-0.15, -0.1) is 0 Å². The smallest absolute Gasteiger partial charge is 0.126 e. The maximum Gasteiger partial charge on any atom is 0.126 e. The van der Waals surface area contributed by atoms with Gasteiger partial charge in [-0.3, -0.25) is 4.98 Å². The summed E-state index contributed by atoms with van der Waals surface area (Å²) < 4.78 is 2.23. The van der Waals surface area contributed by atoms with Crippen LogP contribution < -0.4 is 0 Å². The molecule has 0 bridgehead atoms. The molecule has 4 aromatic carbocycles. The summed E-state index contributed by atoms with van der Waals surface area (Å²) in [4.78, 5) is 11.8. The Morgan fingerprint density at radius 1 is 0.807 bits per heavy atom. The van der Waals surface area contributed by atoms with Crippen LogP contribution in [-0.2, 0) is 0 Å². The normalized spacial score (nSPS) is 19.0. The van der Waals surface area contributed by atoms with Crippen LogP contribution in [0.2, 0.25) is 0 Å². The Hall–Kier alpha value is -7.22.